The van der Waals surface area contributed by atoms with Crippen molar-refractivity contribution in [3.05, 3.63) is 119 Å². The molecule has 7 aromatic rings. The van der Waals surface area contributed by atoms with Crippen LogP contribution in [0.2, 0.25) is 0 Å². The van der Waals surface area contributed by atoms with Crippen LogP contribution in [0, 0.1) is 12.1 Å². The van der Waals surface area contributed by atoms with E-state index in [1.54, 1.807) is 0 Å². The normalized spacial score (nSPS) is 15.1. The monoisotopic (exact) mass is 923 g/mol. The fourth-order valence-electron chi connectivity index (χ4n) is 8.76. The molecule has 1 aliphatic rings. The molecule has 5 nitrogen and oxygen atoms in total. The van der Waals surface area contributed by atoms with Gasteiger partial charge in [0.25, 0.3) is 0 Å². The van der Waals surface area contributed by atoms with Crippen LogP contribution in [0.25, 0.3) is 44.0 Å². The number of nitrogens with zero attached hydrogens (tertiary/aromatic N) is 4. The summed E-state index contributed by atoms with van der Waals surface area (Å²) in [7, 11) is 0. The molecule has 3 heterocycles. The zero-order valence-corrected chi connectivity index (χ0v) is 37.9. The van der Waals surface area contributed by atoms with Crippen molar-refractivity contribution in [1.82, 2.24) is 19.4 Å². The number of rotatable bonds is 6. The van der Waals surface area contributed by atoms with Gasteiger partial charge in [-0.1, -0.05) is 139 Å². The van der Waals surface area contributed by atoms with Gasteiger partial charge >= 0.3 is 21.1 Å². The fraction of sp³-hybridized carbons (Fsp3) is 0.400. The van der Waals surface area contributed by atoms with E-state index in [2.05, 4.69) is 174 Å². The number of ether oxygens (including phenoxy) is 1. The Balaban J connectivity index is 0.00000480. The molecule has 0 spiro atoms. The average molecular weight is 924 g/mol. The maximum absolute atomic E-state index is 6.76. The molecule has 0 N–H and O–H groups in total. The predicted molar refractivity (Wildman–Crippen MR) is 229 cm³/mol. The van der Waals surface area contributed by atoms with Gasteiger partial charge in [0.2, 0.25) is 0 Å². The van der Waals surface area contributed by atoms with Crippen LogP contribution >= 0.6 is 0 Å². The van der Waals surface area contributed by atoms with Crippen LogP contribution in [0.3, 0.4) is 0 Å². The van der Waals surface area contributed by atoms with Crippen LogP contribution in [0.1, 0.15) is 142 Å². The second kappa shape index (κ2) is 13.4. The summed E-state index contributed by atoms with van der Waals surface area (Å²) in [5, 5.41) is 14.0. The molecule has 0 fully saturated rings. The molecule has 0 unspecified atom stereocenters. The van der Waals surface area contributed by atoms with Crippen molar-refractivity contribution in [3.8, 4) is 28.3 Å². The molecule has 8 rings (SSSR count). The Morgan fingerprint density at radius 3 is 2.02 bits per heavy atom. The molecule has 56 heavy (non-hydrogen) atoms. The summed E-state index contributed by atoms with van der Waals surface area (Å²) in [5.74, 6) is 2.03. The fourth-order valence-corrected chi connectivity index (χ4v) is 8.76. The Kier molecular flexibility index (Phi) is 9.60. The molecule has 1 aliphatic carbocycles. The smallest absolute Gasteiger partial charge is 0.509 e. The van der Waals surface area contributed by atoms with Crippen molar-refractivity contribution < 1.29 is 25.8 Å². The Labute approximate surface area is 348 Å². The summed E-state index contributed by atoms with van der Waals surface area (Å²) < 4.78 is 10.9. The summed E-state index contributed by atoms with van der Waals surface area (Å²) in [6.07, 6.45) is 4.13. The molecule has 292 valence electrons. The number of hydrogen-bond donors (Lipinski definition) is 0. The van der Waals surface area contributed by atoms with Crippen LogP contribution < -0.4 is 4.74 Å². The van der Waals surface area contributed by atoms with Gasteiger partial charge in [0.15, 0.2) is 0 Å². The van der Waals surface area contributed by atoms with Gasteiger partial charge in [-0.2, -0.15) is 16.3 Å². The molecule has 0 atom stereocenters. The van der Waals surface area contributed by atoms with Crippen LogP contribution in [0.15, 0.2) is 73.1 Å². The first-order valence-corrected chi connectivity index (χ1v) is 20.0. The molecule has 4 aromatic carbocycles. The van der Waals surface area contributed by atoms with E-state index in [9.17, 15) is 0 Å². The first-order valence-electron chi connectivity index (χ1n) is 20.0. The summed E-state index contributed by atoms with van der Waals surface area (Å²) in [6.45, 7) is 32.1. The van der Waals surface area contributed by atoms with Crippen LogP contribution in [-0.2, 0) is 42.7 Å². The summed E-state index contributed by atoms with van der Waals surface area (Å²) >= 11 is 0. The van der Waals surface area contributed by atoms with Crippen molar-refractivity contribution in [1.29, 1.82) is 0 Å². The van der Waals surface area contributed by atoms with E-state index in [1.807, 2.05) is 16.9 Å². The minimum Gasteiger partial charge on any atom is -0.509 e. The van der Waals surface area contributed by atoms with E-state index < -0.39 is 0 Å². The van der Waals surface area contributed by atoms with Gasteiger partial charge in [0, 0.05) is 39.7 Å². The third kappa shape index (κ3) is 6.15. The number of pyridine rings is 1. The molecule has 0 saturated carbocycles. The molecule has 0 radical (unpaired) electrons. The largest absolute Gasteiger partial charge is 2.00 e. The molecular formula is C50H56N4OPt. The first-order chi connectivity index (χ1) is 25.7. The number of fused-ring (bicyclic) bond motifs is 3. The maximum atomic E-state index is 6.76. The second-order valence-corrected chi connectivity index (χ2v) is 19.6. The Morgan fingerprint density at radius 2 is 1.39 bits per heavy atom. The topological polar surface area (TPSA) is 44.3 Å². The van der Waals surface area contributed by atoms with E-state index >= 15 is 0 Å². The number of hydrogen-bond acceptors (Lipinski definition) is 3. The van der Waals surface area contributed by atoms with Gasteiger partial charge in [-0.3, -0.25) is 9.20 Å². The van der Waals surface area contributed by atoms with Gasteiger partial charge in [-0.25, -0.2) is 0 Å². The van der Waals surface area contributed by atoms with Gasteiger partial charge in [0.1, 0.15) is 0 Å². The third-order valence-corrected chi connectivity index (χ3v) is 12.6. The molecule has 0 amide bonds. The van der Waals surface area contributed by atoms with Crippen LogP contribution in [-0.4, -0.2) is 19.4 Å². The summed E-state index contributed by atoms with van der Waals surface area (Å²) in [4.78, 5) is 0. The SMILES string of the molecule is CC(C)c1cccc(C(C)C)c1-c1cnn(-c2[c-]c(Oc3[c-]c4c(cc3)c3cccc5c3c3c(c(C(C)(C)C)nn43)C(C)(C)C5(C)C)cc(C(C)(C)C)c2)c1.[Pt+2]. The summed E-state index contributed by atoms with van der Waals surface area (Å²) in [6, 6.07) is 29.2. The minimum atomic E-state index is -0.154. The van der Waals surface area contributed by atoms with Crippen molar-refractivity contribution in [2.24, 2.45) is 0 Å². The predicted octanol–water partition coefficient (Wildman–Crippen LogP) is 13.3. The van der Waals surface area contributed by atoms with Crippen molar-refractivity contribution >= 4 is 27.2 Å². The first kappa shape index (κ1) is 40.0. The zero-order valence-electron chi connectivity index (χ0n) is 35.6. The molecule has 0 bridgehead atoms. The number of aromatic nitrogens is 4. The second-order valence-electron chi connectivity index (χ2n) is 19.6. The van der Waals surface area contributed by atoms with Gasteiger partial charge < -0.3 is 4.74 Å². The Bertz CT molecular complexity index is 2630. The van der Waals surface area contributed by atoms with Crippen LogP contribution in [0.5, 0.6) is 11.5 Å². The number of benzene rings is 4. The third-order valence-electron chi connectivity index (χ3n) is 12.6. The van der Waals surface area contributed by atoms with E-state index in [4.69, 9.17) is 14.9 Å². The quantitative estimate of drug-likeness (QED) is 0.123. The van der Waals surface area contributed by atoms with Crippen molar-refractivity contribution in [3.63, 3.8) is 0 Å². The average Bonchev–Trinajstić information content (AvgIpc) is 3.77. The van der Waals surface area contributed by atoms with Crippen molar-refractivity contribution in [2.75, 3.05) is 0 Å². The summed E-state index contributed by atoms with van der Waals surface area (Å²) in [5.41, 5.74) is 12.5. The maximum Gasteiger partial charge on any atom is 2.00 e. The minimum absolute atomic E-state index is 0. The van der Waals surface area contributed by atoms with Gasteiger partial charge in [0.05, 0.1) is 17.4 Å². The van der Waals surface area contributed by atoms with E-state index in [0.29, 0.717) is 23.3 Å². The van der Waals surface area contributed by atoms with E-state index in [1.165, 1.54) is 44.1 Å². The molecule has 6 heteroatoms. The van der Waals surface area contributed by atoms with E-state index in [0.717, 1.165) is 33.4 Å². The molecule has 0 saturated heterocycles. The molecular weight excluding hydrogens is 868 g/mol. The van der Waals surface area contributed by atoms with Crippen molar-refractivity contribution in [2.45, 2.75) is 130 Å². The van der Waals surface area contributed by atoms with Gasteiger partial charge in [-0.05, 0) is 61.5 Å². The van der Waals surface area contributed by atoms with E-state index in [-0.39, 0.29) is 42.7 Å². The van der Waals surface area contributed by atoms with Crippen LogP contribution in [0.4, 0.5) is 0 Å². The van der Waals surface area contributed by atoms with Gasteiger partial charge in [-0.15, -0.1) is 41.3 Å². The molecule has 3 aromatic heterocycles. The Morgan fingerprint density at radius 1 is 0.732 bits per heavy atom. The molecule has 0 aliphatic heterocycles. The standard InChI is InChI=1S/C50H56N4O.Pt/c1-29(2)36-17-15-18-37(30(3)4)42(36)31-27-51-53(28-31)33-23-32(47(5,6)7)24-35(25-33)55-34-21-22-38-39-19-16-20-40-43(39)45-44(50(13,14)49(40,11)12)46(48(8,9)10)52-54(45)41(38)26-34;/h15-24,27-30H,1-14H3;/q-2;+2. The Hall–Kier alpha value is -4.21. The zero-order chi connectivity index (χ0) is 39.6.